The fourth-order valence-corrected chi connectivity index (χ4v) is 1.68. The Kier molecular flexibility index (Phi) is 5.84. The van der Waals surface area contributed by atoms with Gasteiger partial charge in [0.15, 0.2) is 23.2 Å². The zero-order valence-corrected chi connectivity index (χ0v) is 13.0. The Morgan fingerprint density at radius 3 is 2.18 bits per heavy atom. The van der Waals surface area contributed by atoms with Gasteiger partial charge in [0, 0.05) is 6.42 Å². The predicted octanol–water partition coefficient (Wildman–Crippen LogP) is 2.61. The number of hydrogen-bond donors (Lipinski definition) is 1. The van der Waals surface area contributed by atoms with E-state index in [4.69, 9.17) is 4.74 Å². The summed E-state index contributed by atoms with van der Waals surface area (Å²) in [5.74, 6) is -2.67. The summed E-state index contributed by atoms with van der Waals surface area (Å²) >= 11 is 0. The molecule has 7 heteroatoms. The number of nitrogens with one attached hydrogen (secondary N) is 1. The van der Waals surface area contributed by atoms with Crippen LogP contribution in [0, 0.1) is 11.6 Å². The number of alkyl carbamates (subject to hydrolysis) is 1. The summed E-state index contributed by atoms with van der Waals surface area (Å²) in [7, 11) is 1.15. The quantitative estimate of drug-likeness (QED) is 0.907. The van der Waals surface area contributed by atoms with Crippen LogP contribution < -0.4 is 10.1 Å². The average Bonchev–Trinajstić information content (AvgIpc) is 2.34. The molecule has 1 N–H and O–H groups in total. The molecule has 0 aliphatic carbocycles. The Balaban J connectivity index is 2.58. The molecule has 0 radical (unpaired) electrons. The number of methoxy groups -OCH3 is 1. The first-order chi connectivity index (χ1) is 10.1. The molecule has 0 bridgehead atoms. The molecular formula is C15H19F2NO4. The standard InChI is InChI=1S/C15H19F2NO4/c1-15(2,3)22-14(20)18-8-10(19)5-9-6-11(16)13(21-4)12(17)7-9/h6-7H,5,8H2,1-4H3,(H,18,20). The highest BCUT2D eigenvalue weighted by molar-refractivity contribution is 5.85. The van der Waals surface area contributed by atoms with Crippen molar-refractivity contribution >= 4 is 11.9 Å². The van der Waals surface area contributed by atoms with Gasteiger partial charge < -0.3 is 14.8 Å². The molecule has 0 aliphatic heterocycles. The Hall–Kier alpha value is -2.18. The molecule has 0 aromatic heterocycles. The summed E-state index contributed by atoms with van der Waals surface area (Å²) in [6, 6.07) is 2.04. The van der Waals surface area contributed by atoms with E-state index in [0.29, 0.717) is 0 Å². The van der Waals surface area contributed by atoms with Gasteiger partial charge in [-0.25, -0.2) is 13.6 Å². The van der Waals surface area contributed by atoms with E-state index in [0.717, 1.165) is 19.2 Å². The van der Waals surface area contributed by atoms with E-state index < -0.39 is 34.9 Å². The molecule has 0 unspecified atom stereocenters. The minimum Gasteiger partial charge on any atom is -0.491 e. The summed E-state index contributed by atoms with van der Waals surface area (Å²) in [5.41, 5.74) is -0.512. The van der Waals surface area contributed by atoms with Crippen LogP contribution in [0.4, 0.5) is 13.6 Å². The maximum atomic E-state index is 13.5. The predicted molar refractivity (Wildman–Crippen MR) is 75.9 cm³/mol. The Morgan fingerprint density at radius 1 is 1.18 bits per heavy atom. The van der Waals surface area contributed by atoms with E-state index in [2.05, 4.69) is 10.1 Å². The second kappa shape index (κ2) is 7.20. The smallest absolute Gasteiger partial charge is 0.408 e. The third-order valence-corrected chi connectivity index (χ3v) is 2.49. The molecule has 0 fully saturated rings. The maximum Gasteiger partial charge on any atom is 0.408 e. The Bertz CT molecular complexity index is 544. The van der Waals surface area contributed by atoms with Crippen LogP contribution in [0.15, 0.2) is 12.1 Å². The average molecular weight is 315 g/mol. The van der Waals surface area contributed by atoms with Gasteiger partial charge in [0.05, 0.1) is 13.7 Å². The van der Waals surface area contributed by atoms with Crippen LogP contribution in [0.5, 0.6) is 5.75 Å². The number of amides is 1. The topological polar surface area (TPSA) is 64.6 Å². The molecule has 0 saturated carbocycles. The van der Waals surface area contributed by atoms with Crippen molar-refractivity contribution in [2.75, 3.05) is 13.7 Å². The summed E-state index contributed by atoms with van der Waals surface area (Å²) in [6.07, 6.45) is -0.943. The first kappa shape index (κ1) is 17.9. The molecule has 0 atom stereocenters. The molecule has 122 valence electrons. The van der Waals surface area contributed by atoms with Gasteiger partial charge in [-0.05, 0) is 38.5 Å². The number of ketones is 1. The van der Waals surface area contributed by atoms with Crippen molar-refractivity contribution in [1.82, 2.24) is 5.32 Å². The molecule has 1 amide bonds. The normalized spacial score (nSPS) is 11.0. The van der Waals surface area contributed by atoms with Crippen molar-refractivity contribution in [3.63, 3.8) is 0 Å². The molecular weight excluding hydrogens is 296 g/mol. The monoisotopic (exact) mass is 315 g/mol. The summed E-state index contributed by atoms with van der Waals surface area (Å²) in [6.45, 7) is 4.79. The van der Waals surface area contributed by atoms with Crippen molar-refractivity contribution in [1.29, 1.82) is 0 Å². The number of rotatable bonds is 5. The molecule has 1 aromatic carbocycles. The summed E-state index contributed by atoms with van der Waals surface area (Å²) in [5, 5.41) is 2.29. The molecule has 0 aliphatic rings. The molecule has 0 heterocycles. The molecule has 1 rings (SSSR count). The lowest BCUT2D eigenvalue weighted by Crippen LogP contribution is -2.35. The Labute approximate surface area is 127 Å². The lowest BCUT2D eigenvalue weighted by atomic mass is 10.1. The van der Waals surface area contributed by atoms with Crippen LogP contribution in [-0.4, -0.2) is 31.1 Å². The van der Waals surface area contributed by atoms with Gasteiger partial charge in [0.1, 0.15) is 5.60 Å². The first-order valence-corrected chi connectivity index (χ1v) is 6.63. The summed E-state index contributed by atoms with van der Waals surface area (Å²) < 4.78 is 36.5. The SMILES string of the molecule is COc1c(F)cc(CC(=O)CNC(=O)OC(C)(C)C)cc1F. The molecule has 0 saturated heterocycles. The van der Waals surface area contributed by atoms with E-state index >= 15 is 0 Å². The highest BCUT2D eigenvalue weighted by Crippen LogP contribution is 2.23. The van der Waals surface area contributed by atoms with E-state index in [1.54, 1.807) is 20.8 Å². The fourth-order valence-electron chi connectivity index (χ4n) is 1.68. The number of halogens is 2. The van der Waals surface area contributed by atoms with Crippen LogP contribution >= 0.6 is 0 Å². The van der Waals surface area contributed by atoms with E-state index in [1.807, 2.05) is 0 Å². The van der Waals surface area contributed by atoms with Crippen molar-refractivity contribution in [3.05, 3.63) is 29.3 Å². The number of ether oxygens (including phenoxy) is 2. The minimum absolute atomic E-state index is 0.159. The van der Waals surface area contributed by atoms with Gasteiger partial charge in [-0.3, -0.25) is 4.79 Å². The maximum absolute atomic E-state index is 13.5. The molecule has 1 aromatic rings. The lowest BCUT2D eigenvalue weighted by molar-refractivity contribution is -0.117. The number of hydrogen-bond acceptors (Lipinski definition) is 4. The third-order valence-electron chi connectivity index (χ3n) is 2.49. The summed E-state index contributed by atoms with van der Waals surface area (Å²) in [4.78, 5) is 23.1. The molecule has 0 spiro atoms. The van der Waals surface area contributed by atoms with E-state index in [1.165, 1.54) is 0 Å². The van der Waals surface area contributed by atoms with Crippen molar-refractivity contribution < 1.29 is 27.8 Å². The fraction of sp³-hybridized carbons (Fsp3) is 0.467. The van der Waals surface area contributed by atoms with Crippen molar-refractivity contribution in [2.45, 2.75) is 32.8 Å². The molecule has 5 nitrogen and oxygen atoms in total. The second-order valence-electron chi connectivity index (χ2n) is 5.66. The second-order valence-corrected chi connectivity index (χ2v) is 5.66. The third kappa shape index (κ3) is 5.67. The van der Waals surface area contributed by atoms with Crippen molar-refractivity contribution in [2.24, 2.45) is 0 Å². The van der Waals surface area contributed by atoms with Gasteiger partial charge in [-0.1, -0.05) is 0 Å². The lowest BCUT2D eigenvalue weighted by Gasteiger charge is -2.19. The number of carbonyl (C=O) groups is 2. The molecule has 22 heavy (non-hydrogen) atoms. The Morgan fingerprint density at radius 2 is 1.73 bits per heavy atom. The minimum atomic E-state index is -0.884. The zero-order valence-electron chi connectivity index (χ0n) is 13.0. The van der Waals surface area contributed by atoms with Crippen molar-refractivity contribution in [3.8, 4) is 5.75 Å². The first-order valence-electron chi connectivity index (χ1n) is 6.63. The van der Waals surface area contributed by atoms with E-state index in [9.17, 15) is 18.4 Å². The van der Waals surface area contributed by atoms with Gasteiger partial charge in [0.2, 0.25) is 0 Å². The van der Waals surface area contributed by atoms with E-state index in [-0.39, 0.29) is 18.5 Å². The van der Waals surface area contributed by atoms with Crippen LogP contribution in [0.1, 0.15) is 26.3 Å². The van der Waals surface area contributed by atoms with Crippen LogP contribution in [0.25, 0.3) is 0 Å². The van der Waals surface area contributed by atoms with Crippen LogP contribution in [0.3, 0.4) is 0 Å². The van der Waals surface area contributed by atoms with Gasteiger partial charge >= 0.3 is 6.09 Å². The van der Waals surface area contributed by atoms with Gasteiger partial charge in [-0.2, -0.15) is 0 Å². The van der Waals surface area contributed by atoms with Gasteiger partial charge in [0.25, 0.3) is 0 Å². The number of Topliss-reactive ketones (excluding diaryl/α,β-unsaturated/α-hetero) is 1. The highest BCUT2D eigenvalue weighted by atomic mass is 19.1. The van der Waals surface area contributed by atoms with Crippen LogP contribution in [-0.2, 0) is 16.0 Å². The number of carbonyl (C=O) groups excluding carboxylic acids is 2. The zero-order chi connectivity index (χ0) is 16.9. The van der Waals surface area contributed by atoms with Crippen LogP contribution in [0.2, 0.25) is 0 Å². The van der Waals surface area contributed by atoms with Gasteiger partial charge in [-0.15, -0.1) is 0 Å². The number of benzene rings is 1. The highest BCUT2D eigenvalue weighted by Gasteiger charge is 2.17. The largest absolute Gasteiger partial charge is 0.491 e.